The number of allylic oxidation sites excluding steroid dienone is 1. The number of ether oxygens (including phenoxy) is 10. The number of carboxylic acids is 2. The SMILES string of the molecule is CCCCCCCCCCCCC/C=C\[C@@H](O)[C@H](CO[C@@H]1O[C@H](CO)[C@@H](O[C@@H]2O[C@H](CO)[C@H](O[C@@H]3O[C@H](CO)[C@H](O)[C@H](O)[C@H]3NC(C)=O)[C@H](O[C@]3(C(=O)O)C[C@H](O)[C@@H](NC(C)=O)C([C@H](O)[C@@H](CO)O[C@]4(C(=O)O)C[C@H](O)[C@@H](NC(C)=O)C([C@H](O)[C@H](O)CO)O4)O3)[C@H]2O)[C@H](O)[C@H]1O)NC(=O)CCCCCCCCCCCCCCCCCCCCCCCCC. The summed E-state index contributed by atoms with van der Waals surface area (Å²) in [5.74, 6) is -14.6. The number of carbonyl (C=O) groups is 6. The lowest BCUT2D eigenvalue weighted by Crippen LogP contribution is -2.72. The maximum atomic E-state index is 14.2. The summed E-state index contributed by atoms with van der Waals surface area (Å²) in [4.78, 5) is 79.3. The van der Waals surface area contributed by atoms with Gasteiger partial charge in [0.25, 0.3) is 11.6 Å². The first kappa shape index (κ1) is 110. The zero-order valence-electron chi connectivity index (χ0n) is 73.4. The Bertz CT molecular complexity index is 3010. The van der Waals surface area contributed by atoms with Gasteiger partial charge in [-0.05, 0) is 19.3 Å². The van der Waals surface area contributed by atoms with E-state index < -0.39 is 265 Å². The third-order valence-electron chi connectivity index (χ3n) is 24.0. The molecule has 5 aliphatic heterocycles. The second kappa shape index (κ2) is 59.0. The van der Waals surface area contributed by atoms with Crippen molar-refractivity contribution in [3.63, 3.8) is 0 Å². The number of rotatable bonds is 64. The molecule has 0 spiro atoms. The predicted octanol–water partition coefficient (Wildman–Crippen LogP) is 1.43. The smallest absolute Gasteiger partial charge is 0.364 e. The molecule has 2 unspecified atom stereocenters. The van der Waals surface area contributed by atoms with Gasteiger partial charge in [0.1, 0.15) is 110 Å². The Kier molecular flexibility index (Phi) is 52.4. The monoisotopic (exact) mass is 1790 g/mol. The molecule has 5 aliphatic rings. The second-order valence-electron chi connectivity index (χ2n) is 34.3. The van der Waals surface area contributed by atoms with E-state index in [-0.39, 0.29) is 6.42 Å². The highest BCUT2D eigenvalue weighted by Crippen LogP contribution is 2.43. The molecule has 0 radical (unpaired) electrons. The molecule has 38 heteroatoms. The molecule has 22 N–H and O–H groups in total. The molecule has 0 aromatic carbocycles. The van der Waals surface area contributed by atoms with E-state index in [1.165, 1.54) is 154 Å². The number of nitrogens with one attached hydrogen (secondary N) is 4. The summed E-state index contributed by atoms with van der Waals surface area (Å²) < 4.78 is 60.0. The van der Waals surface area contributed by atoms with Crippen molar-refractivity contribution >= 4 is 35.6 Å². The molecule has 0 aromatic rings. The van der Waals surface area contributed by atoms with Crippen molar-refractivity contribution in [3.05, 3.63) is 12.2 Å². The number of unbranched alkanes of at least 4 members (excludes halogenated alkanes) is 33. The van der Waals surface area contributed by atoms with Gasteiger partial charge in [0.2, 0.25) is 23.6 Å². The summed E-state index contributed by atoms with van der Waals surface area (Å²) in [6, 6.07) is -6.82. The lowest BCUT2D eigenvalue weighted by Gasteiger charge is -2.52. The Labute approximate surface area is 729 Å². The van der Waals surface area contributed by atoms with Crippen LogP contribution in [0.5, 0.6) is 0 Å². The van der Waals surface area contributed by atoms with Crippen LogP contribution < -0.4 is 21.3 Å². The minimum atomic E-state index is -3.59. The lowest BCUT2D eigenvalue weighted by atomic mass is 9.87. The minimum Gasteiger partial charge on any atom is -0.477 e. The molecule has 0 aromatic heterocycles. The fourth-order valence-corrected chi connectivity index (χ4v) is 16.8. The van der Waals surface area contributed by atoms with E-state index in [0.717, 1.165) is 85.0 Å². The zero-order chi connectivity index (χ0) is 91.5. The van der Waals surface area contributed by atoms with E-state index in [0.29, 0.717) is 12.8 Å². The highest BCUT2D eigenvalue weighted by molar-refractivity contribution is 5.78. The van der Waals surface area contributed by atoms with Crippen LogP contribution in [-0.4, -0.2) is 344 Å². The molecule has 5 fully saturated rings. The van der Waals surface area contributed by atoms with Crippen LogP contribution in [0, 0.1) is 0 Å². The Morgan fingerprint density at radius 1 is 0.435 bits per heavy atom. The van der Waals surface area contributed by atoms with Crippen LogP contribution >= 0.6 is 0 Å². The van der Waals surface area contributed by atoms with Gasteiger partial charge in [-0.15, -0.1) is 0 Å². The van der Waals surface area contributed by atoms with E-state index >= 15 is 0 Å². The molecule has 38 nitrogen and oxygen atoms in total. The van der Waals surface area contributed by atoms with Crippen molar-refractivity contribution < 1.29 is 168 Å². The van der Waals surface area contributed by atoms with Crippen molar-refractivity contribution in [2.75, 3.05) is 39.6 Å². The second-order valence-corrected chi connectivity index (χ2v) is 34.3. The van der Waals surface area contributed by atoms with Gasteiger partial charge in [0.05, 0.1) is 76.1 Å². The normalized spacial score (nSPS) is 31.9. The number of hydrogen-bond acceptors (Lipinski definition) is 32. The van der Waals surface area contributed by atoms with Crippen molar-refractivity contribution in [1.82, 2.24) is 21.3 Å². The van der Waals surface area contributed by atoms with Crippen LogP contribution in [0.15, 0.2) is 12.2 Å². The number of amides is 4. The fourth-order valence-electron chi connectivity index (χ4n) is 16.8. The Morgan fingerprint density at radius 3 is 1.28 bits per heavy atom. The molecule has 0 aliphatic carbocycles. The first-order valence-electron chi connectivity index (χ1n) is 45.7. The first-order chi connectivity index (χ1) is 59.3. The topological polar surface area (TPSA) is 607 Å². The Morgan fingerprint density at radius 2 is 0.839 bits per heavy atom. The standard InChI is InChI=1S/C86H154N4O34/c1-6-8-10-12-14-16-18-20-21-22-23-24-25-26-27-28-29-31-33-35-37-39-41-43-64(103)90-55(56(99)42-40-38-36-34-32-30-19-17-15-13-11-9-7-2)51-115-81-73(109)72(108)75(62(49-94)117-81)119-82-74(110)79(76(63(50-95)118-82)120-80-67(89-54(5)98)71(107)69(105)60(47-92)116-80)124-86(84(113)114)45-58(101)66(88-53(4)97)78(123-86)70(106)61(48-93)121-85(83(111)112)44-57(100)65(87-52(3)96)77(122-85)68(104)59(102)46-91/h40,42,55-63,65-82,91-95,99-102,104-110H,6-39,41,43-51H2,1-5H3,(H,87,96)(H,88,97)(H,89,98)(H,90,103)(H,111,112)(H,113,114)/b42-40-/t55-,56+,57-,58-,59+,60+,61+,62+,63+,65+,66+,67+,68+,69-,70+,71+,72+,73+,74+,75+,76-,77?,78?,79+,80-,81+,82-,85+,86-/m0/s1. The number of aliphatic carboxylic acids is 2. The first-order valence-corrected chi connectivity index (χ1v) is 45.7. The lowest BCUT2D eigenvalue weighted by molar-refractivity contribution is -0.402. The zero-order valence-corrected chi connectivity index (χ0v) is 73.4. The van der Waals surface area contributed by atoms with E-state index in [2.05, 4.69) is 35.1 Å². The molecule has 722 valence electrons. The van der Waals surface area contributed by atoms with Crippen LogP contribution in [-0.2, 0) is 76.1 Å². The van der Waals surface area contributed by atoms with Gasteiger partial charge in [-0.1, -0.05) is 231 Å². The molecule has 5 saturated heterocycles. The van der Waals surface area contributed by atoms with Gasteiger partial charge < -0.3 is 161 Å². The molecule has 124 heavy (non-hydrogen) atoms. The summed E-state index contributed by atoms with van der Waals surface area (Å²) in [5.41, 5.74) is 0. The van der Waals surface area contributed by atoms with Crippen molar-refractivity contribution in [1.29, 1.82) is 0 Å². The highest BCUT2D eigenvalue weighted by atomic mass is 16.8. The Balaban J connectivity index is 1.37. The number of carbonyl (C=O) groups excluding carboxylic acids is 4. The van der Waals surface area contributed by atoms with Gasteiger partial charge >= 0.3 is 11.9 Å². The molecule has 0 saturated carbocycles. The molecular formula is C86H154N4O34. The van der Waals surface area contributed by atoms with E-state index in [4.69, 9.17) is 47.4 Å². The summed E-state index contributed by atoms with van der Waals surface area (Å²) in [5, 5.41) is 213. The molecule has 5 rings (SSSR count). The molecule has 0 bridgehead atoms. The molecule has 5 heterocycles. The quantitative estimate of drug-likeness (QED) is 0.0302. The summed E-state index contributed by atoms with van der Waals surface area (Å²) >= 11 is 0. The van der Waals surface area contributed by atoms with E-state index in [9.17, 15) is 121 Å². The molecule has 29 atom stereocenters. The summed E-state index contributed by atoms with van der Waals surface area (Å²) in [6.45, 7) is 0.569. The van der Waals surface area contributed by atoms with Crippen LogP contribution in [0.1, 0.15) is 279 Å². The average molecular weight is 1790 g/mol. The number of carboxylic acid groups (broad SMARTS) is 2. The van der Waals surface area contributed by atoms with Crippen molar-refractivity contribution in [2.24, 2.45) is 0 Å². The van der Waals surface area contributed by atoms with Crippen LogP contribution in [0.4, 0.5) is 0 Å². The number of aliphatic hydroxyl groups excluding tert-OH is 16. The highest BCUT2D eigenvalue weighted by Gasteiger charge is 2.64. The van der Waals surface area contributed by atoms with Gasteiger partial charge in [-0.3, -0.25) is 19.2 Å². The van der Waals surface area contributed by atoms with Crippen LogP contribution in [0.25, 0.3) is 0 Å². The predicted molar refractivity (Wildman–Crippen MR) is 444 cm³/mol. The average Bonchev–Trinajstić information content (AvgIpc) is 0.867. The third kappa shape index (κ3) is 35.3. The third-order valence-corrected chi connectivity index (χ3v) is 24.0. The maximum Gasteiger partial charge on any atom is 0.364 e. The van der Waals surface area contributed by atoms with Crippen molar-refractivity contribution in [2.45, 2.75) is 455 Å². The maximum absolute atomic E-state index is 14.2. The van der Waals surface area contributed by atoms with Crippen LogP contribution in [0.2, 0.25) is 0 Å². The van der Waals surface area contributed by atoms with Gasteiger partial charge in [0, 0.05) is 40.0 Å². The van der Waals surface area contributed by atoms with E-state index in [1.54, 1.807) is 6.08 Å². The Hall–Kier alpha value is -4.48. The number of aliphatic hydroxyl groups is 16. The largest absolute Gasteiger partial charge is 0.477 e. The van der Waals surface area contributed by atoms with E-state index in [1.807, 2.05) is 0 Å². The summed E-state index contributed by atoms with van der Waals surface area (Å²) in [7, 11) is 0. The fraction of sp³-hybridized carbons (Fsp3) is 0.907. The van der Waals surface area contributed by atoms with Gasteiger partial charge in [-0.25, -0.2) is 9.59 Å². The molecular weight excluding hydrogens is 1630 g/mol. The number of hydrogen-bond donors (Lipinski definition) is 22. The van der Waals surface area contributed by atoms with Crippen molar-refractivity contribution in [3.8, 4) is 0 Å². The summed E-state index contributed by atoms with van der Waals surface area (Å²) in [6.07, 6.45) is -8.31. The van der Waals surface area contributed by atoms with Gasteiger partial charge in [-0.2, -0.15) is 0 Å². The van der Waals surface area contributed by atoms with Gasteiger partial charge in [0.15, 0.2) is 18.9 Å². The molecule has 4 amide bonds. The van der Waals surface area contributed by atoms with Crippen LogP contribution in [0.3, 0.4) is 0 Å². The minimum absolute atomic E-state index is 0.114.